The van der Waals surface area contributed by atoms with Crippen molar-refractivity contribution in [2.75, 3.05) is 0 Å². The molecule has 0 rings (SSSR count). The van der Waals surface area contributed by atoms with E-state index in [1.165, 1.54) is 77.0 Å². The minimum absolute atomic E-state index is 1.20. The molecule has 0 aromatic carbocycles. The third kappa shape index (κ3) is 15.5. The van der Waals surface area contributed by atoms with Gasteiger partial charge in [0.05, 0.1) is 0 Å². The summed E-state index contributed by atoms with van der Waals surface area (Å²) in [5, 5.41) is 0. The highest BCUT2D eigenvalue weighted by atomic mass is 14.0. The summed E-state index contributed by atoms with van der Waals surface area (Å²) in [6, 6.07) is 0. The van der Waals surface area contributed by atoms with E-state index in [0.29, 0.717) is 0 Å². The first kappa shape index (κ1) is 16.5. The maximum atomic E-state index is 3.75. The third-order valence-corrected chi connectivity index (χ3v) is 3.20. The Hall–Kier alpha value is -0.520. The molecule has 0 amide bonds. The van der Waals surface area contributed by atoms with Crippen LogP contribution in [-0.4, -0.2) is 0 Å². The molecule has 0 atom stereocenters. The number of unbranched alkanes of at least 4 members (excludes halogenated alkanes) is 11. The molecular weight excluding hydrogens is 204 g/mol. The Morgan fingerprint density at radius 2 is 1.00 bits per heavy atom. The molecule has 0 nitrogen and oxygen atoms in total. The lowest BCUT2D eigenvalue weighted by atomic mass is 10.1. The van der Waals surface area contributed by atoms with Gasteiger partial charge in [0, 0.05) is 0 Å². The molecule has 0 aromatic rings. The Bertz CT molecular complexity index is 167. The van der Waals surface area contributed by atoms with Crippen LogP contribution >= 0.6 is 0 Å². The average molecular weight is 235 g/mol. The van der Waals surface area contributed by atoms with Gasteiger partial charge in [-0.3, -0.25) is 0 Å². The summed E-state index contributed by atoms with van der Waals surface area (Å²) in [5.74, 6) is 0. The van der Waals surface area contributed by atoms with E-state index >= 15 is 0 Å². The maximum absolute atomic E-state index is 3.75. The predicted molar refractivity (Wildman–Crippen MR) is 80.1 cm³/mol. The van der Waals surface area contributed by atoms with Crippen LogP contribution < -0.4 is 0 Å². The van der Waals surface area contributed by atoms with Crippen molar-refractivity contribution >= 4 is 0 Å². The second-order valence-electron chi connectivity index (χ2n) is 4.87. The van der Waals surface area contributed by atoms with Crippen molar-refractivity contribution in [2.24, 2.45) is 0 Å². The van der Waals surface area contributed by atoms with Crippen molar-refractivity contribution < 1.29 is 0 Å². The average Bonchev–Trinajstić information content (AvgIpc) is 2.35. The van der Waals surface area contributed by atoms with Crippen molar-refractivity contribution in [3.63, 3.8) is 0 Å². The molecule has 0 aromatic heterocycles. The molecule has 0 bridgehead atoms. The van der Waals surface area contributed by atoms with Crippen LogP contribution in [0.15, 0.2) is 24.8 Å². The number of rotatable bonds is 13. The monoisotopic (exact) mass is 235 g/mol. The molecule has 99 valence electrons. The zero-order chi connectivity index (χ0) is 12.6. The number of allylic oxidation sites excluding steroid dienone is 3. The summed E-state index contributed by atoms with van der Waals surface area (Å²) >= 11 is 0. The topological polar surface area (TPSA) is 0 Å². The van der Waals surface area contributed by atoms with Crippen LogP contribution in [0, 0.1) is 6.92 Å². The van der Waals surface area contributed by atoms with Crippen LogP contribution in [0.3, 0.4) is 0 Å². The lowest BCUT2D eigenvalue weighted by molar-refractivity contribution is 0.553. The predicted octanol–water partition coefficient (Wildman–Crippen LogP) is 6.24. The first-order chi connectivity index (χ1) is 8.41. The van der Waals surface area contributed by atoms with E-state index in [9.17, 15) is 0 Å². The molecule has 1 radical (unpaired) electrons. The summed E-state index contributed by atoms with van der Waals surface area (Å²) in [6.07, 6.45) is 22.6. The smallest absolute Gasteiger partial charge is 0.0316 e. The highest BCUT2D eigenvalue weighted by molar-refractivity contribution is 4.83. The summed E-state index contributed by atoms with van der Waals surface area (Å²) in [7, 11) is 0. The van der Waals surface area contributed by atoms with Crippen LogP contribution in [0.25, 0.3) is 0 Å². The maximum Gasteiger partial charge on any atom is -0.0316 e. The largest absolute Gasteiger partial charge is 0.103 e. The quantitative estimate of drug-likeness (QED) is 0.262. The van der Waals surface area contributed by atoms with Gasteiger partial charge in [0.1, 0.15) is 0 Å². The minimum Gasteiger partial charge on any atom is -0.103 e. The SMILES string of the molecule is [CH2]/C=C/CCCCCCCCCCCCC=C. The second kappa shape index (κ2) is 15.5. The zero-order valence-electron chi connectivity index (χ0n) is 11.6. The zero-order valence-corrected chi connectivity index (χ0v) is 11.6. The summed E-state index contributed by atoms with van der Waals surface area (Å²) < 4.78 is 0. The van der Waals surface area contributed by atoms with Gasteiger partial charge < -0.3 is 0 Å². The molecule has 0 aliphatic carbocycles. The molecule has 0 unspecified atom stereocenters. The fourth-order valence-electron chi connectivity index (χ4n) is 2.08. The van der Waals surface area contributed by atoms with Crippen molar-refractivity contribution in [3.8, 4) is 0 Å². The van der Waals surface area contributed by atoms with Crippen LogP contribution in [0.5, 0.6) is 0 Å². The van der Waals surface area contributed by atoms with E-state index in [2.05, 4.69) is 19.6 Å². The van der Waals surface area contributed by atoms with Gasteiger partial charge >= 0.3 is 0 Å². The molecule has 0 N–H and O–H groups in total. The van der Waals surface area contributed by atoms with E-state index in [0.717, 1.165) is 0 Å². The van der Waals surface area contributed by atoms with Gasteiger partial charge in [-0.2, -0.15) is 0 Å². The summed E-state index contributed by atoms with van der Waals surface area (Å²) in [4.78, 5) is 0. The van der Waals surface area contributed by atoms with E-state index in [1.54, 1.807) is 0 Å². The Morgan fingerprint density at radius 3 is 1.41 bits per heavy atom. The molecule has 0 saturated heterocycles. The minimum atomic E-state index is 1.20. The van der Waals surface area contributed by atoms with Crippen LogP contribution in [0.1, 0.15) is 77.0 Å². The molecule has 0 aliphatic heterocycles. The van der Waals surface area contributed by atoms with Crippen molar-refractivity contribution in [3.05, 3.63) is 31.7 Å². The Labute approximate surface area is 109 Å². The van der Waals surface area contributed by atoms with E-state index in [4.69, 9.17) is 0 Å². The van der Waals surface area contributed by atoms with Gasteiger partial charge in [0.2, 0.25) is 0 Å². The second-order valence-corrected chi connectivity index (χ2v) is 4.87. The molecule has 0 heteroatoms. The molecular formula is C17H31. The highest BCUT2D eigenvalue weighted by Gasteiger charge is 1.92. The Kier molecular flexibility index (Phi) is 15.0. The highest BCUT2D eigenvalue weighted by Crippen LogP contribution is 2.12. The normalized spacial score (nSPS) is 11.1. The van der Waals surface area contributed by atoms with Crippen LogP contribution in [0.4, 0.5) is 0 Å². The summed E-state index contributed by atoms with van der Waals surface area (Å²) in [5.41, 5.74) is 0. The lowest BCUT2D eigenvalue weighted by Gasteiger charge is -2.01. The third-order valence-electron chi connectivity index (χ3n) is 3.20. The fraction of sp³-hybridized carbons (Fsp3) is 0.706. The number of hydrogen-bond acceptors (Lipinski definition) is 0. The van der Waals surface area contributed by atoms with Gasteiger partial charge in [0.25, 0.3) is 0 Å². The van der Waals surface area contributed by atoms with Gasteiger partial charge in [-0.25, -0.2) is 0 Å². The van der Waals surface area contributed by atoms with E-state index in [-0.39, 0.29) is 0 Å². The first-order valence-electron chi connectivity index (χ1n) is 7.47. The van der Waals surface area contributed by atoms with Gasteiger partial charge in [-0.1, -0.05) is 69.6 Å². The molecule has 0 heterocycles. The Morgan fingerprint density at radius 1 is 0.588 bits per heavy atom. The molecule has 17 heavy (non-hydrogen) atoms. The standard InChI is InChI=1S/C17H31/c1-3-5-7-9-11-13-15-17-16-14-12-10-8-6-4-2/h3-5H,1-2,6-17H2/b5-3+. The van der Waals surface area contributed by atoms with Crippen LogP contribution in [-0.2, 0) is 0 Å². The fourth-order valence-corrected chi connectivity index (χ4v) is 2.08. The number of hydrogen-bond donors (Lipinski definition) is 0. The molecule has 0 spiro atoms. The molecule has 0 saturated carbocycles. The molecule has 0 fully saturated rings. The van der Waals surface area contributed by atoms with Gasteiger partial charge in [-0.05, 0) is 32.6 Å². The molecule has 0 aliphatic rings. The van der Waals surface area contributed by atoms with Crippen molar-refractivity contribution in [1.82, 2.24) is 0 Å². The first-order valence-corrected chi connectivity index (χ1v) is 7.47. The Balaban J connectivity index is 2.91. The van der Waals surface area contributed by atoms with Gasteiger partial charge in [0.15, 0.2) is 0 Å². The summed E-state index contributed by atoms with van der Waals surface area (Å²) in [6.45, 7) is 7.44. The van der Waals surface area contributed by atoms with E-state index in [1.807, 2.05) is 12.2 Å². The van der Waals surface area contributed by atoms with Crippen LogP contribution in [0.2, 0.25) is 0 Å². The van der Waals surface area contributed by atoms with E-state index < -0.39 is 0 Å². The van der Waals surface area contributed by atoms with Gasteiger partial charge in [-0.15, -0.1) is 6.58 Å². The lowest BCUT2D eigenvalue weighted by Crippen LogP contribution is -1.82. The van der Waals surface area contributed by atoms with Crippen molar-refractivity contribution in [1.29, 1.82) is 0 Å². The van der Waals surface area contributed by atoms with Crippen molar-refractivity contribution in [2.45, 2.75) is 77.0 Å².